The van der Waals surface area contributed by atoms with E-state index in [4.69, 9.17) is 0 Å². The van der Waals surface area contributed by atoms with Crippen molar-refractivity contribution in [2.45, 2.75) is 32.1 Å². The first-order valence-electron chi connectivity index (χ1n) is 9.55. The van der Waals surface area contributed by atoms with E-state index < -0.39 is 6.61 Å². The molecule has 1 N–H and O–H groups in total. The average molecular weight is 410 g/mol. The van der Waals surface area contributed by atoms with Gasteiger partial charge in [-0.3, -0.25) is 14.5 Å². The highest BCUT2D eigenvalue weighted by Gasteiger charge is 2.24. The predicted octanol–water partition coefficient (Wildman–Crippen LogP) is 4.67. The molecule has 30 heavy (non-hydrogen) atoms. The lowest BCUT2D eigenvalue weighted by molar-refractivity contribution is -0.137. The highest BCUT2D eigenvalue weighted by atomic mass is 19.3. The van der Waals surface area contributed by atoms with E-state index in [9.17, 15) is 13.6 Å². The van der Waals surface area contributed by atoms with Crippen LogP contribution < -0.4 is 5.32 Å². The second-order valence-corrected chi connectivity index (χ2v) is 6.99. The molecule has 1 saturated carbocycles. The van der Waals surface area contributed by atoms with Crippen molar-refractivity contribution in [3.63, 3.8) is 0 Å². The standard InChI is InChI=1S/C22H20F2N4O2/c23-22(24)30-14-15-1-4-18(5-2-15)27-21(29)8-3-16-11-25-10-9-20(16)17-12-26-28(13-17)19-6-7-19/h1-5,8-13,19,22H,6-7,14H2,(H,27,29)/b8-3+. The Morgan fingerprint density at radius 2 is 2.03 bits per heavy atom. The summed E-state index contributed by atoms with van der Waals surface area (Å²) in [5.74, 6) is -0.310. The number of aromatic nitrogens is 3. The molecule has 1 amide bonds. The minimum atomic E-state index is -2.81. The third-order valence-corrected chi connectivity index (χ3v) is 4.70. The van der Waals surface area contributed by atoms with Crippen molar-refractivity contribution < 1.29 is 18.3 Å². The number of rotatable bonds is 8. The lowest BCUT2D eigenvalue weighted by atomic mass is 10.0. The van der Waals surface area contributed by atoms with Gasteiger partial charge in [-0.05, 0) is 48.2 Å². The molecule has 8 heteroatoms. The summed E-state index contributed by atoms with van der Waals surface area (Å²) in [4.78, 5) is 16.4. The Balaban J connectivity index is 1.40. The van der Waals surface area contributed by atoms with Gasteiger partial charge in [0.25, 0.3) is 0 Å². The Labute approximate surface area is 172 Å². The van der Waals surface area contributed by atoms with Crippen molar-refractivity contribution in [3.8, 4) is 11.1 Å². The van der Waals surface area contributed by atoms with Gasteiger partial charge in [-0.1, -0.05) is 12.1 Å². The molecule has 0 saturated heterocycles. The highest BCUT2D eigenvalue weighted by molar-refractivity contribution is 6.02. The van der Waals surface area contributed by atoms with Gasteiger partial charge in [-0.15, -0.1) is 0 Å². The summed E-state index contributed by atoms with van der Waals surface area (Å²) in [7, 11) is 0. The van der Waals surface area contributed by atoms with E-state index in [1.54, 1.807) is 42.7 Å². The fraction of sp³-hybridized carbons (Fsp3) is 0.227. The van der Waals surface area contributed by atoms with Crippen molar-refractivity contribution in [3.05, 3.63) is 72.3 Å². The first-order chi connectivity index (χ1) is 14.6. The molecule has 1 fully saturated rings. The number of benzene rings is 1. The van der Waals surface area contributed by atoms with Crippen LogP contribution in [0.15, 0.2) is 61.2 Å². The maximum absolute atomic E-state index is 12.3. The normalized spacial score (nSPS) is 13.8. The third-order valence-electron chi connectivity index (χ3n) is 4.70. The number of carbonyl (C=O) groups excluding carboxylic acids is 1. The molecule has 3 aromatic rings. The molecular weight excluding hydrogens is 390 g/mol. The smallest absolute Gasteiger partial charge is 0.323 e. The molecule has 2 aromatic heterocycles. The van der Waals surface area contributed by atoms with Gasteiger partial charge in [-0.25, -0.2) is 0 Å². The topological polar surface area (TPSA) is 69.0 Å². The van der Waals surface area contributed by atoms with Crippen LogP contribution in [-0.2, 0) is 16.1 Å². The van der Waals surface area contributed by atoms with Crippen LogP contribution in [0.25, 0.3) is 17.2 Å². The fourth-order valence-electron chi connectivity index (χ4n) is 3.01. The van der Waals surface area contributed by atoms with Crippen LogP contribution in [0.3, 0.4) is 0 Å². The second-order valence-electron chi connectivity index (χ2n) is 6.99. The Morgan fingerprint density at radius 3 is 2.77 bits per heavy atom. The Hall–Kier alpha value is -3.39. The number of alkyl halides is 2. The molecule has 0 spiro atoms. The van der Waals surface area contributed by atoms with Crippen LogP contribution >= 0.6 is 0 Å². The predicted molar refractivity (Wildman–Crippen MR) is 109 cm³/mol. The molecule has 0 radical (unpaired) electrons. The van der Waals surface area contributed by atoms with Gasteiger partial charge in [-0.2, -0.15) is 13.9 Å². The summed E-state index contributed by atoms with van der Waals surface area (Å²) in [6.07, 6.45) is 12.7. The van der Waals surface area contributed by atoms with Crippen LogP contribution in [0.5, 0.6) is 0 Å². The number of amides is 1. The van der Waals surface area contributed by atoms with Crippen LogP contribution in [-0.4, -0.2) is 27.3 Å². The SMILES string of the molecule is O=C(/C=C/c1cnccc1-c1cnn(C2CC2)c1)Nc1ccc(COC(F)F)cc1. The minimum absolute atomic E-state index is 0.188. The summed E-state index contributed by atoms with van der Waals surface area (Å²) >= 11 is 0. The summed E-state index contributed by atoms with van der Waals surface area (Å²) in [6.45, 7) is -3.00. The zero-order valence-corrected chi connectivity index (χ0v) is 16.0. The van der Waals surface area contributed by atoms with Crippen molar-refractivity contribution in [2.75, 3.05) is 5.32 Å². The van der Waals surface area contributed by atoms with E-state index in [2.05, 4.69) is 20.1 Å². The van der Waals surface area contributed by atoms with Crippen molar-refractivity contribution >= 4 is 17.7 Å². The van der Waals surface area contributed by atoms with E-state index in [-0.39, 0.29) is 12.5 Å². The molecule has 154 valence electrons. The molecule has 1 aromatic carbocycles. The maximum Gasteiger partial charge on any atom is 0.345 e. The number of pyridine rings is 1. The number of ether oxygens (including phenoxy) is 1. The molecular formula is C22H20F2N4O2. The summed E-state index contributed by atoms with van der Waals surface area (Å²) in [6, 6.07) is 8.91. The summed E-state index contributed by atoms with van der Waals surface area (Å²) in [5, 5.41) is 7.16. The lowest BCUT2D eigenvalue weighted by Gasteiger charge is -2.06. The summed E-state index contributed by atoms with van der Waals surface area (Å²) < 4.78 is 30.4. The molecule has 0 aliphatic heterocycles. The van der Waals surface area contributed by atoms with Crippen molar-refractivity contribution in [2.24, 2.45) is 0 Å². The van der Waals surface area contributed by atoms with Crippen LogP contribution in [0.2, 0.25) is 0 Å². The van der Waals surface area contributed by atoms with Crippen molar-refractivity contribution in [1.29, 1.82) is 0 Å². The first kappa shape index (κ1) is 19.9. The van der Waals surface area contributed by atoms with Crippen LogP contribution in [0, 0.1) is 0 Å². The van der Waals surface area contributed by atoms with Gasteiger partial charge in [0, 0.05) is 41.5 Å². The quantitative estimate of drug-likeness (QED) is 0.548. The van der Waals surface area contributed by atoms with Gasteiger partial charge < -0.3 is 10.1 Å². The Kier molecular flexibility index (Phi) is 5.94. The zero-order chi connectivity index (χ0) is 20.9. The van der Waals surface area contributed by atoms with E-state index in [0.717, 1.165) is 29.5 Å². The molecule has 0 unspecified atom stereocenters. The monoisotopic (exact) mass is 410 g/mol. The van der Waals surface area contributed by atoms with E-state index in [0.29, 0.717) is 17.3 Å². The molecule has 1 aliphatic rings. The van der Waals surface area contributed by atoms with E-state index in [1.165, 1.54) is 6.08 Å². The molecule has 0 bridgehead atoms. The number of nitrogens with one attached hydrogen (secondary N) is 1. The van der Waals surface area contributed by atoms with Gasteiger partial charge in [0.15, 0.2) is 0 Å². The molecule has 6 nitrogen and oxygen atoms in total. The number of hydrogen-bond acceptors (Lipinski definition) is 4. The average Bonchev–Trinajstić information content (AvgIpc) is 3.49. The fourth-order valence-corrected chi connectivity index (χ4v) is 3.01. The summed E-state index contributed by atoms with van der Waals surface area (Å²) in [5.41, 5.74) is 3.89. The van der Waals surface area contributed by atoms with E-state index in [1.807, 2.05) is 23.1 Å². The lowest BCUT2D eigenvalue weighted by Crippen LogP contribution is -2.08. The largest absolute Gasteiger partial charge is 0.345 e. The number of nitrogens with zero attached hydrogens (tertiary/aromatic N) is 3. The van der Waals surface area contributed by atoms with Crippen LogP contribution in [0.4, 0.5) is 14.5 Å². The molecule has 2 heterocycles. The van der Waals surface area contributed by atoms with E-state index >= 15 is 0 Å². The first-order valence-corrected chi connectivity index (χ1v) is 9.55. The third kappa shape index (κ3) is 5.15. The Morgan fingerprint density at radius 1 is 1.23 bits per heavy atom. The van der Waals surface area contributed by atoms with Crippen LogP contribution in [0.1, 0.15) is 30.0 Å². The van der Waals surface area contributed by atoms with Gasteiger partial charge in [0.1, 0.15) is 0 Å². The number of hydrogen-bond donors (Lipinski definition) is 1. The number of carbonyl (C=O) groups is 1. The molecule has 0 atom stereocenters. The zero-order valence-electron chi connectivity index (χ0n) is 16.0. The second kappa shape index (κ2) is 8.96. The number of anilines is 1. The minimum Gasteiger partial charge on any atom is -0.323 e. The molecule has 4 rings (SSSR count). The van der Waals surface area contributed by atoms with Crippen molar-refractivity contribution in [1.82, 2.24) is 14.8 Å². The molecule has 1 aliphatic carbocycles. The highest BCUT2D eigenvalue weighted by Crippen LogP contribution is 2.35. The number of halogens is 2. The maximum atomic E-state index is 12.3. The van der Waals surface area contributed by atoms with Gasteiger partial charge >= 0.3 is 6.61 Å². The van der Waals surface area contributed by atoms with Gasteiger partial charge in [0.2, 0.25) is 5.91 Å². The Bertz CT molecular complexity index is 1040. The van der Waals surface area contributed by atoms with Gasteiger partial charge in [0.05, 0.1) is 18.8 Å².